The molecule has 0 radical (unpaired) electrons. The van der Waals surface area contributed by atoms with E-state index in [0.29, 0.717) is 4.90 Å². The SMILES string of the molecule is CO[C@H]1O[C@H](CO[C@@H]2O[C@H](COC(=O)c3ccccc3)[C@H](O)[C@H]2Sc2ccc([N+](=O)[O-])cc2)[C@@H](OC(=O)c2ccccc2)[C@H](OC(=O)c2ccccc2)[C@@H]1OC(=O)c1ccccc1. The third-order valence-corrected chi connectivity index (χ3v) is 11.3. The molecule has 2 saturated heterocycles. The van der Waals surface area contributed by atoms with Gasteiger partial charge in [0.2, 0.25) is 0 Å². The van der Waals surface area contributed by atoms with Crippen molar-refractivity contribution in [2.75, 3.05) is 20.3 Å². The van der Waals surface area contributed by atoms with Gasteiger partial charge in [-0.3, -0.25) is 10.1 Å². The van der Waals surface area contributed by atoms with Crippen molar-refractivity contribution in [3.63, 3.8) is 0 Å². The number of hydrogen-bond acceptors (Lipinski definition) is 16. The molecule has 0 aliphatic carbocycles. The van der Waals surface area contributed by atoms with Gasteiger partial charge in [0.15, 0.2) is 30.9 Å². The van der Waals surface area contributed by atoms with Crippen LogP contribution in [0.25, 0.3) is 0 Å². The van der Waals surface area contributed by atoms with Crippen LogP contribution in [0.3, 0.4) is 0 Å². The Morgan fingerprint density at radius 2 is 1.03 bits per heavy atom. The number of rotatable bonds is 16. The third kappa shape index (κ3) is 11.1. The minimum Gasteiger partial charge on any atom is -0.459 e. The Bertz CT molecular complexity index is 2320. The number of nitro groups is 1. The number of carbonyl (C=O) groups is 4. The molecule has 0 amide bonds. The summed E-state index contributed by atoms with van der Waals surface area (Å²) in [5.74, 6) is -3.14. The lowest BCUT2D eigenvalue weighted by atomic mass is 9.97. The van der Waals surface area contributed by atoms with E-state index < -0.39 is 89.9 Å². The number of ether oxygens (including phenoxy) is 8. The van der Waals surface area contributed by atoms with Crippen LogP contribution in [-0.4, -0.2) is 109 Å². The molecule has 1 N–H and O–H groups in total. The molecule has 17 heteroatoms. The molecular formula is C46H41NO15S. The number of carbonyl (C=O) groups excluding carboxylic acids is 4. The minimum absolute atomic E-state index is 0.144. The van der Waals surface area contributed by atoms with Gasteiger partial charge in [-0.25, -0.2) is 19.2 Å². The fourth-order valence-electron chi connectivity index (χ4n) is 6.81. The normalized spacial score (nSPS) is 24.1. The molecule has 5 aromatic rings. The first-order chi connectivity index (χ1) is 30.6. The standard InChI is InChI=1S/C46H41NO15S/c1-55-45-39(62-44(52)31-20-12-5-13-21-31)38(61-43(51)30-18-10-4-11-19-30)37(60-42(50)29-16-8-3-9-17-29)35(59-45)27-57-46-40(63-33-24-22-32(23-25-33)47(53)54)36(48)34(58-46)26-56-41(49)28-14-6-2-7-15-28/h2-25,34-40,45-46,48H,26-27H2,1H3/t34-,35-,36+,37-,38+,39+,40-,45+,46-/m1/s1. The van der Waals surface area contributed by atoms with Crippen molar-refractivity contribution in [2.45, 2.75) is 59.3 Å². The second kappa shape index (κ2) is 21.1. The summed E-state index contributed by atoms with van der Waals surface area (Å²) < 4.78 is 48.2. The summed E-state index contributed by atoms with van der Waals surface area (Å²) in [5.41, 5.74) is 0.594. The zero-order valence-corrected chi connectivity index (χ0v) is 34.3. The summed E-state index contributed by atoms with van der Waals surface area (Å²) in [4.78, 5) is 65.4. The number of aliphatic hydroxyl groups is 1. The van der Waals surface area contributed by atoms with E-state index in [0.717, 1.165) is 11.8 Å². The fourth-order valence-corrected chi connectivity index (χ4v) is 7.99. The van der Waals surface area contributed by atoms with E-state index in [4.69, 9.17) is 37.9 Å². The first-order valence-electron chi connectivity index (χ1n) is 19.6. The van der Waals surface area contributed by atoms with Crippen molar-refractivity contribution in [2.24, 2.45) is 0 Å². The number of esters is 4. The minimum atomic E-state index is -1.56. The summed E-state index contributed by atoms with van der Waals surface area (Å²) in [6.07, 6.45) is -11.0. The summed E-state index contributed by atoms with van der Waals surface area (Å²) >= 11 is 1.09. The number of thioether (sulfide) groups is 1. The Kier molecular flexibility index (Phi) is 14.9. The van der Waals surface area contributed by atoms with Crippen LogP contribution in [0.1, 0.15) is 41.4 Å². The quantitative estimate of drug-likeness (QED) is 0.0517. The van der Waals surface area contributed by atoms with E-state index >= 15 is 0 Å². The highest BCUT2D eigenvalue weighted by Crippen LogP contribution is 2.38. The Morgan fingerprint density at radius 3 is 1.51 bits per heavy atom. The molecule has 9 atom stereocenters. The number of nitrogens with zero attached hydrogens (tertiary/aromatic N) is 1. The predicted molar refractivity (Wildman–Crippen MR) is 223 cm³/mol. The molecule has 0 bridgehead atoms. The molecule has 5 aromatic carbocycles. The highest BCUT2D eigenvalue weighted by atomic mass is 32.2. The third-order valence-electron chi connectivity index (χ3n) is 10.0. The van der Waals surface area contributed by atoms with Gasteiger partial charge in [0.05, 0.1) is 39.0 Å². The second-order valence-electron chi connectivity index (χ2n) is 14.2. The summed E-state index contributed by atoms with van der Waals surface area (Å²) in [6, 6.07) is 37.9. The molecule has 326 valence electrons. The van der Waals surface area contributed by atoms with Crippen LogP contribution in [0.15, 0.2) is 150 Å². The van der Waals surface area contributed by atoms with E-state index in [1.165, 1.54) is 67.8 Å². The number of hydrogen-bond donors (Lipinski definition) is 1. The molecule has 2 heterocycles. The number of benzene rings is 5. The van der Waals surface area contributed by atoms with Crippen molar-refractivity contribution >= 4 is 41.3 Å². The molecule has 2 aliphatic rings. The molecule has 7 rings (SSSR count). The largest absolute Gasteiger partial charge is 0.459 e. The van der Waals surface area contributed by atoms with Crippen LogP contribution in [0.2, 0.25) is 0 Å². The number of non-ortho nitro benzene ring substituents is 1. The fraction of sp³-hybridized carbons (Fsp3) is 0.261. The molecule has 0 saturated carbocycles. The van der Waals surface area contributed by atoms with Crippen LogP contribution in [0, 0.1) is 10.1 Å². The van der Waals surface area contributed by atoms with E-state index in [-0.39, 0.29) is 34.5 Å². The second-order valence-corrected chi connectivity index (χ2v) is 15.4. The number of methoxy groups -OCH3 is 1. The molecule has 2 fully saturated rings. The lowest BCUT2D eigenvalue weighted by molar-refractivity contribution is -0.384. The van der Waals surface area contributed by atoms with Gasteiger partial charge in [0.1, 0.15) is 24.9 Å². The Balaban J connectivity index is 1.19. The zero-order chi connectivity index (χ0) is 44.3. The lowest BCUT2D eigenvalue weighted by Gasteiger charge is -2.44. The van der Waals surface area contributed by atoms with Crippen LogP contribution in [0.4, 0.5) is 5.69 Å². The van der Waals surface area contributed by atoms with Gasteiger partial charge < -0.3 is 43.0 Å². The number of nitro benzene ring substituents is 1. The smallest absolute Gasteiger partial charge is 0.338 e. The first-order valence-corrected chi connectivity index (χ1v) is 20.5. The van der Waals surface area contributed by atoms with Gasteiger partial charge in [-0.2, -0.15) is 0 Å². The van der Waals surface area contributed by atoms with Crippen molar-refractivity contribution in [3.8, 4) is 0 Å². The Hall–Kier alpha value is -6.47. The van der Waals surface area contributed by atoms with Crippen LogP contribution in [0.5, 0.6) is 0 Å². The topological polar surface area (TPSA) is 205 Å². The van der Waals surface area contributed by atoms with E-state index in [9.17, 15) is 34.4 Å². The van der Waals surface area contributed by atoms with Gasteiger partial charge in [0.25, 0.3) is 5.69 Å². The first kappa shape index (κ1) is 44.6. The van der Waals surface area contributed by atoms with E-state index in [1.54, 1.807) is 84.9 Å². The van der Waals surface area contributed by atoms with Crippen molar-refractivity contribution in [1.29, 1.82) is 0 Å². The predicted octanol–water partition coefficient (Wildman–Crippen LogP) is 6.06. The molecule has 0 spiro atoms. The highest BCUT2D eigenvalue weighted by Gasteiger charge is 2.54. The van der Waals surface area contributed by atoms with Gasteiger partial charge in [0, 0.05) is 24.1 Å². The lowest BCUT2D eigenvalue weighted by Crippen LogP contribution is -2.63. The Labute approximate surface area is 365 Å². The van der Waals surface area contributed by atoms with E-state index in [1.807, 2.05) is 0 Å². The molecule has 16 nitrogen and oxygen atoms in total. The number of aliphatic hydroxyl groups excluding tert-OH is 1. The van der Waals surface area contributed by atoms with Gasteiger partial charge in [-0.15, -0.1) is 11.8 Å². The van der Waals surface area contributed by atoms with E-state index in [2.05, 4.69) is 0 Å². The van der Waals surface area contributed by atoms with Gasteiger partial charge in [-0.05, 0) is 60.7 Å². The molecule has 63 heavy (non-hydrogen) atoms. The van der Waals surface area contributed by atoms with Crippen molar-refractivity contribution in [3.05, 3.63) is 178 Å². The Morgan fingerprint density at radius 1 is 0.587 bits per heavy atom. The van der Waals surface area contributed by atoms with Crippen molar-refractivity contribution in [1.82, 2.24) is 0 Å². The highest BCUT2D eigenvalue weighted by molar-refractivity contribution is 8.00. The molecular weight excluding hydrogens is 839 g/mol. The molecule has 0 unspecified atom stereocenters. The van der Waals surface area contributed by atoms with Crippen molar-refractivity contribution < 1.29 is 67.1 Å². The molecule has 2 aliphatic heterocycles. The maximum atomic E-state index is 13.8. The van der Waals surface area contributed by atoms with Gasteiger partial charge >= 0.3 is 23.9 Å². The summed E-state index contributed by atoms with van der Waals surface area (Å²) in [6.45, 7) is -0.836. The van der Waals surface area contributed by atoms with Crippen LogP contribution < -0.4 is 0 Å². The monoisotopic (exact) mass is 879 g/mol. The maximum Gasteiger partial charge on any atom is 0.338 e. The van der Waals surface area contributed by atoms with Crippen LogP contribution in [-0.2, 0) is 37.9 Å². The average molecular weight is 880 g/mol. The maximum absolute atomic E-state index is 13.8. The van der Waals surface area contributed by atoms with Crippen LogP contribution >= 0.6 is 11.8 Å². The summed E-state index contributed by atoms with van der Waals surface area (Å²) in [5, 5.41) is 22.1. The average Bonchev–Trinajstić information content (AvgIpc) is 3.62. The zero-order valence-electron chi connectivity index (χ0n) is 33.5. The van der Waals surface area contributed by atoms with Gasteiger partial charge in [-0.1, -0.05) is 72.8 Å². The summed E-state index contributed by atoms with van der Waals surface area (Å²) in [7, 11) is 1.28. The molecule has 0 aromatic heterocycles.